The molecule has 0 fully saturated rings. The van der Waals surface area contributed by atoms with Crippen LogP contribution in [0, 0.1) is 0 Å². The second kappa shape index (κ2) is 5.77. The van der Waals surface area contributed by atoms with Crippen molar-refractivity contribution < 1.29 is 5.11 Å². The van der Waals surface area contributed by atoms with Crippen molar-refractivity contribution in [3.63, 3.8) is 0 Å². The summed E-state index contributed by atoms with van der Waals surface area (Å²) in [7, 11) is 0. The first-order chi connectivity index (χ1) is 11.5. The molecule has 0 saturated heterocycles. The summed E-state index contributed by atoms with van der Waals surface area (Å²) in [6, 6.07) is 9.71. The average Bonchev–Trinajstić information content (AvgIpc) is 2.87. The molecule has 0 aliphatic heterocycles. The van der Waals surface area contributed by atoms with Crippen LogP contribution in [-0.2, 0) is 10.8 Å². The van der Waals surface area contributed by atoms with Gasteiger partial charge < -0.3 is 5.11 Å². The Hall–Kier alpha value is -2.01. The number of rotatable bonds is 1. The highest BCUT2D eigenvalue weighted by Gasteiger charge is 2.26. The Labute approximate surface area is 154 Å². The lowest BCUT2D eigenvalue weighted by atomic mass is 9.80. The largest absolute Gasteiger partial charge is 0.505 e. The molecule has 0 unspecified atom stereocenters. The van der Waals surface area contributed by atoms with E-state index in [2.05, 4.69) is 70.4 Å². The Morgan fingerprint density at radius 2 is 1.52 bits per heavy atom. The van der Waals surface area contributed by atoms with Crippen LogP contribution in [0.3, 0.4) is 0 Å². The molecule has 0 radical (unpaired) electrons. The zero-order valence-corrected chi connectivity index (χ0v) is 16.5. The number of aromatic nitrogens is 3. The summed E-state index contributed by atoms with van der Waals surface area (Å²) < 4.78 is 0. The number of phenolic OH excluding ortho intramolecular Hbond substituents is 1. The number of hydrogen-bond donors (Lipinski definition) is 2. The predicted octanol–water partition coefficient (Wildman–Crippen LogP) is 5.01. The van der Waals surface area contributed by atoms with E-state index in [-0.39, 0.29) is 16.6 Å². The summed E-state index contributed by atoms with van der Waals surface area (Å²) >= 11 is 4.36. The van der Waals surface area contributed by atoms with Crippen molar-refractivity contribution in [1.82, 2.24) is 15.0 Å². The molecule has 25 heavy (non-hydrogen) atoms. The summed E-state index contributed by atoms with van der Waals surface area (Å²) in [5.41, 5.74) is 3.93. The van der Waals surface area contributed by atoms with Crippen molar-refractivity contribution in [3.8, 4) is 11.4 Å². The van der Waals surface area contributed by atoms with Crippen molar-refractivity contribution in [2.45, 2.75) is 57.3 Å². The normalized spacial score (nSPS) is 12.8. The smallest absolute Gasteiger partial charge is 0.146 e. The van der Waals surface area contributed by atoms with Crippen LogP contribution >= 0.6 is 12.6 Å². The molecule has 3 rings (SSSR count). The van der Waals surface area contributed by atoms with E-state index in [1.807, 2.05) is 24.3 Å². The van der Waals surface area contributed by atoms with Gasteiger partial charge in [0.2, 0.25) is 0 Å². The summed E-state index contributed by atoms with van der Waals surface area (Å²) in [5, 5.41) is 20.0. The van der Waals surface area contributed by atoms with Crippen LogP contribution in [0.4, 0.5) is 0 Å². The van der Waals surface area contributed by atoms with Gasteiger partial charge in [-0.1, -0.05) is 47.6 Å². The molecule has 1 N–H and O–H groups in total. The Kier molecular flexibility index (Phi) is 4.11. The van der Waals surface area contributed by atoms with Gasteiger partial charge in [0.1, 0.15) is 22.5 Å². The van der Waals surface area contributed by atoms with Gasteiger partial charge in [0.15, 0.2) is 0 Å². The lowest BCUT2D eigenvalue weighted by Crippen LogP contribution is -2.18. The fraction of sp³-hybridized carbons (Fsp3) is 0.400. The van der Waals surface area contributed by atoms with Crippen molar-refractivity contribution >= 4 is 23.7 Å². The summed E-state index contributed by atoms with van der Waals surface area (Å²) in [6.07, 6.45) is 0. The Balaban J connectivity index is 2.29. The van der Waals surface area contributed by atoms with Gasteiger partial charge in [-0.15, -0.1) is 27.6 Å². The van der Waals surface area contributed by atoms with Gasteiger partial charge >= 0.3 is 0 Å². The quantitative estimate of drug-likeness (QED) is 0.603. The van der Waals surface area contributed by atoms with Gasteiger partial charge in [-0.2, -0.15) is 0 Å². The molecule has 0 aliphatic rings. The molecule has 3 aromatic rings. The van der Waals surface area contributed by atoms with E-state index in [1.54, 1.807) is 0 Å². The van der Waals surface area contributed by atoms with Gasteiger partial charge in [-0.3, -0.25) is 0 Å². The molecule has 4 nitrogen and oxygen atoms in total. The molecule has 132 valence electrons. The highest BCUT2D eigenvalue weighted by Crippen LogP contribution is 2.39. The number of aromatic hydroxyl groups is 1. The number of thiol groups is 1. The maximum absolute atomic E-state index is 10.9. The molecular formula is C20H25N3OS. The van der Waals surface area contributed by atoms with E-state index >= 15 is 0 Å². The van der Waals surface area contributed by atoms with Crippen LogP contribution in [0.2, 0.25) is 0 Å². The van der Waals surface area contributed by atoms with E-state index in [1.165, 1.54) is 4.80 Å². The average molecular weight is 356 g/mol. The molecule has 5 heteroatoms. The van der Waals surface area contributed by atoms with Gasteiger partial charge in [0, 0.05) is 10.5 Å². The first-order valence-corrected chi connectivity index (χ1v) is 8.86. The molecule has 0 spiro atoms. The second-order valence-corrected chi connectivity index (χ2v) is 9.07. The van der Waals surface area contributed by atoms with Crippen LogP contribution in [0.25, 0.3) is 16.7 Å². The number of nitrogens with zero attached hydrogens (tertiary/aromatic N) is 3. The molecule has 0 bridgehead atoms. The lowest BCUT2D eigenvalue weighted by molar-refractivity contribution is 0.438. The molecule has 0 atom stereocenters. The van der Waals surface area contributed by atoms with Gasteiger partial charge in [-0.05, 0) is 40.7 Å². The molecule has 1 heterocycles. The summed E-state index contributed by atoms with van der Waals surface area (Å²) in [5.74, 6) is 0.229. The maximum Gasteiger partial charge on any atom is 0.146 e. The number of benzene rings is 2. The van der Waals surface area contributed by atoms with Crippen LogP contribution in [-0.4, -0.2) is 20.1 Å². The molecular weight excluding hydrogens is 330 g/mol. The predicted molar refractivity (Wildman–Crippen MR) is 105 cm³/mol. The lowest BCUT2D eigenvalue weighted by Gasteiger charge is -2.27. The van der Waals surface area contributed by atoms with Crippen molar-refractivity contribution in [2.24, 2.45) is 0 Å². The minimum atomic E-state index is -0.190. The highest BCUT2D eigenvalue weighted by atomic mass is 32.1. The number of hydrogen-bond acceptors (Lipinski definition) is 4. The van der Waals surface area contributed by atoms with E-state index in [0.29, 0.717) is 5.69 Å². The SMILES string of the molecule is CC(C)(C)c1cc(-n2nc3ccc(S)cc3n2)c(O)c(C(C)(C)C)c1. The summed E-state index contributed by atoms with van der Waals surface area (Å²) in [4.78, 5) is 2.36. The molecule has 1 aromatic heterocycles. The van der Waals surface area contributed by atoms with Crippen molar-refractivity contribution in [2.75, 3.05) is 0 Å². The first kappa shape index (κ1) is 17.8. The zero-order valence-electron chi connectivity index (χ0n) is 15.6. The minimum absolute atomic E-state index is 0.0483. The van der Waals surface area contributed by atoms with Crippen LogP contribution in [0.1, 0.15) is 52.7 Å². The van der Waals surface area contributed by atoms with Gasteiger partial charge in [0.25, 0.3) is 0 Å². The van der Waals surface area contributed by atoms with Gasteiger partial charge in [0.05, 0.1) is 0 Å². The van der Waals surface area contributed by atoms with Crippen LogP contribution < -0.4 is 0 Å². The highest BCUT2D eigenvalue weighted by molar-refractivity contribution is 7.80. The Morgan fingerprint density at radius 3 is 2.12 bits per heavy atom. The van der Waals surface area contributed by atoms with Crippen molar-refractivity contribution in [3.05, 3.63) is 41.5 Å². The van der Waals surface area contributed by atoms with E-state index in [9.17, 15) is 5.11 Å². The Morgan fingerprint density at radius 1 is 0.880 bits per heavy atom. The third-order valence-corrected chi connectivity index (χ3v) is 4.62. The minimum Gasteiger partial charge on any atom is -0.505 e. The summed E-state index contributed by atoms with van der Waals surface area (Å²) in [6.45, 7) is 12.8. The topological polar surface area (TPSA) is 50.9 Å². The van der Waals surface area contributed by atoms with Gasteiger partial charge in [-0.25, -0.2) is 0 Å². The van der Waals surface area contributed by atoms with E-state index < -0.39 is 0 Å². The molecule has 0 amide bonds. The van der Waals surface area contributed by atoms with E-state index in [0.717, 1.165) is 27.1 Å². The number of phenols is 1. The maximum atomic E-state index is 10.9. The Bertz CT molecular complexity index is 946. The van der Waals surface area contributed by atoms with E-state index in [4.69, 9.17) is 0 Å². The number of fused-ring (bicyclic) bond motifs is 1. The monoisotopic (exact) mass is 355 g/mol. The second-order valence-electron chi connectivity index (χ2n) is 8.55. The molecule has 0 saturated carbocycles. The fourth-order valence-electron chi connectivity index (χ4n) is 2.79. The van der Waals surface area contributed by atoms with Crippen LogP contribution in [0.15, 0.2) is 35.2 Å². The third-order valence-electron chi connectivity index (χ3n) is 4.34. The van der Waals surface area contributed by atoms with Crippen molar-refractivity contribution in [1.29, 1.82) is 0 Å². The van der Waals surface area contributed by atoms with Crippen LogP contribution in [0.5, 0.6) is 5.75 Å². The fourth-order valence-corrected chi connectivity index (χ4v) is 2.98. The molecule has 2 aromatic carbocycles. The first-order valence-electron chi connectivity index (χ1n) is 8.41. The zero-order chi connectivity index (χ0) is 18.6. The molecule has 0 aliphatic carbocycles. The third kappa shape index (κ3) is 3.38. The standard InChI is InChI=1S/C20H25N3OS/c1-19(2,3)12-9-14(20(4,5)6)18(24)17(10-12)23-21-15-8-7-13(25)11-16(15)22-23/h7-11,24-25H,1-6H3.